The van der Waals surface area contributed by atoms with Gasteiger partial charge >= 0.3 is 0 Å². The Morgan fingerprint density at radius 2 is 1.79 bits per heavy atom. The van der Waals surface area contributed by atoms with Crippen LogP contribution in [0.25, 0.3) is 0 Å². The molecule has 8 nitrogen and oxygen atoms in total. The van der Waals surface area contributed by atoms with Gasteiger partial charge in [-0.05, 0) is 80.6 Å². The number of hydrogen-bond acceptors (Lipinski definition) is 6. The number of benzene rings is 3. The fourth-order valence-corrected chi connectivity index (χ4v) is 6.83. The van der Waals surface area contributed by atoms with Crippen molar-refractivity contribution in [2.45, 2.75) is 44.8 Å². The predicted octanol–water partition coefficient (Wildman–Crippen LogP) is 4.66. The van der Waals surface area contributed by atoms with Crippen LogP contribution in [-0.2, 0) is 22.9 Å². The quantitative estimate of drug-likeness (QED) is 0.204. The summed E-state index contributed by atoms with van der Waals surface area (Å²) in [5.41, 5.74) is 3.55. The number of anilines is 2. The minimum absolute atomic E-state index is 0. The number of rotatable bonds is 13. The van der Waals surface area contributed by atoms with Crippen molar-refractivity contribution in [1.29, 1.82) is 0 Å². The van der Waals surface area contributed by atoms with E-state index in [4.69, 9.17) is 11.6 Å². The van der Waals surface area contributed by atoms with Crippen molar-refractivity contribution in [3.63, 3.8) is 0 Å². The van der Waals surface area contributed by atoms with Gasteiger partial charge in [0.05, 0.1) is 23.6 Å². The van der Waals surface area contributed by atoms with Crippen LogP contribution in [0.4, 0.5) is 11.4 Å². The lowest BCUT2D eigenvalue weighted by molar-refractivity contribution is 0.0831. The molecule has 0 radical (unpaired) electrons. The van der Waals surface area contributed by atoms with Crippen LogP contribution in [0.15, 0.2) is 72.8 Å². The molecule has 1 saturated heterocycles. The third kappa shape index (κ3) is 9.61. The van der Waals surface area contributed by atoms with Gasteiger partial charge in [0.15, 0.2) is 0 Å². The topological polar surface area (TPSA) is 111 Å². The largest absolute Gasteiger partial charge is 0.390 e. The number of carbonyl (C=O) groups is 1. The van der Waals surface area contributed by atoms with E-state index in [2.05, 4.69) is 16.0 Å². The van der Waals surface area contributed by atoms with Crippen molar-refractivity contribution in [2.75, 3.05) is 41.6 Å². The van der Waals surface area contributed by atoms with Crippen LogP contribution in [0.5, 0.6) is 0 Å². The van der Waals surface area contributed by atoms with Crippen LogP contribution < -0.4 is 20.3 Å². The van der Waals surface area contributed by atoms with E-state index in [9.17, 15) is 18.3 Å². The zero-order valence-corrected chi connectivity index (χ0v) is 26.1. The predicted molar refractivity (Wildman–Crippen MR) is 174 cm³/mol. The molecule has 0 bridgehead atoms. The molecule has 11 heteroatoms. The molecule has 0 aliphatic carbocycles. The number of carbonyl (C=O) groups excluding carboxylic acids is 1. The van der Waals surface area contributed by atoms with Crippen LogP contribution in [-0.4, -0.2) is 63.5 Å². The van der Waals surface area contributed by atoms with E-state index in [-0.39, 0.29) is 30.6 Å². The summed E-state index contributed by atoms with van der Waals surface area (Å²) >= 11 is 6.08. The number of sulfonamides is 1. The smallest absolute Gasteiger partial charge is 0.251 e. The molecule has 1 fully saturated rings. The lowest BCUT2D eigenvalue weighted by Gasteiger charge is -2.29. The van der Waals surface area contributed by atoms with Gasteiger partial charge in [-0.2, -0.15) is 0 Å². The maximum absolute atomic E-state index is 13.6. The average Bonchev–Trinajstić information content (AvgIpc) is 2.95. The normalized spacial score (nSPS) is 15.7. The first-order valence-electron chi connectivity index (χ1n) is 14.1. The van der Waals surface area contributed by atoms with Crippen molar-refractivity contribution in [1.82, 2.24) is 10.6 Å². The molecule has 0 aromatic heterocycles. The van der Waals surface area contributed by atoms with Crippen molar-refractivity contribution in [3.8, 4) is 0 Å². The lowest BCUT2D eigenvalue weighted by atomic mass is 10.00. The molecule has 0 spiro atoms. The number of hydrogen-bond donors (Lipinski definition) is 4. The Labute approximate surface area is 260 Å². The highest BCUT2D eigenvalue weighted by molar-refractivity contribution is 7.92. The van der Waals surface area contributed by atoms with Crippen LogP contribution in [0.3, 0.4) is 0 Å². The first-order chi connectivity index (χ1) is 19.7. The Morgan fingerprint density at radius 3 is 2.50 bits per heavy atom. The molecule has 1 aliphatic rings. The molecule has 2 atom stereocenters. The molecule has 4 N–H and O–H groups in total. The van der Waals surface area contributed by atoms with E-state index in [0.29, 0.717) is 54.4 Å². The molecule has 3 aromatic carbocycles. The number of halogens is 2. The summed E-state index contributed by atoms with van der Waals surface area (Å²) in [5.74, 6) is -0.283. The first kappa shape index (κ1) is 33.7. The van der Waals surface area contributed by atoms with Gasteiger partial charge in [-0.1, -0.05) is 54.1 Å². The van der Waals surface area contributed by atoms with Crippen LogP contribution in [0.1, 0.15) is 41.3 Å². The molecule has 228 valence electrons. The Bertz CT molecular complexity index is 1410. The van der Waals surface area contributed by atoms with E-state index in [1.807, 2.05) is 61.5 Å². The summed E-state index contributed by atoms with van der Waals surface area (Å²) in [7, 11) is -3.45. The standard InChI is InChI=1S/C31H39ClN4O4S.ClH/c1-2-34-27-19-25(20-28(21-27)36-15-6-7-16-41(36,39)40)31(38)35-29(18-23-9-4-3-5-10-23)30(37)22-33-14-13-24-11-8-12-26(32)17-24;/h3-5,8-12,17,19-21,29-30,33-34,37H,2,6-7,13-16,18,22H2,1H3,(H,35,38);1H/t29-,30+;/m0./s1. The Kier molecular flexibility index (Phi) is 12.9. The van der Waals surface area contributed by atoms with Gasteiger partial charge in [0.2, 0.25) is 10.0 Å². The fraction of sp³-hybridized carbons (Fsp3) is 0.387. The highest BCUT2D eigenvalue weighted by Gasteiger charge is 2.28. The minimum atomic E-state index is -3.45. The lowest BCUT2D eigenvalue weighted by Crippen LogP contribution is -2.49. The van der Waals surface area contributed by atoms with Crippen LogP contribution in [0, 0.1) is 0 Å². The second-order valence-electron chi connectivity index (χ2n) is 10.3. The number of aliphatic hydroxyl groups excluding tert-OH is 1. The zero-order chi connectivity index (χ0) is 29.2. The van der Waals surface area contributed by atoms with Gasteiger partial charge in [0.1, 0.15) is 0 Å². The molecule has 1 amide bonds. The molecule has 42 heavy (non-hydrogen) atoms. The molecular weight excluding hydrogens is 595 g/mol. The fourth-order valence-electron chi connectivity index (χ4n) is 4.99. The van der Waals surface area contributed by atoms with Crippen molar-refractivity contribution < 1.29 is 18.3 Å². The number of nitrogens with one attached hydrogen (secondary N) is 3. The van der Waals surface area contributed by atoms with Crippen LogP contribution >= 0.6 is 24.0 Å². The summed E-state index contributed by atoms with van der Waals surface area (Å²) in [6.45, 7) is 3.87. The monoisotopic (exact) mass is 634 g/mol. The molecule has 0 unspecified atom stereocenters. The Morgan fingerprint density at radius 1 is 1.02 bits per heavy atom. The van der Waals surface area contributed by atoms with Gasteiger partial charge in [0, 0.05) is 35.9 Å². The SMILES string of the molecule is CCNc1cc(C(=O)N[C@@H](Cc2ccccc2)[C@H](O)CNCCc2cccc(Cl)c2)cc(N2CCCCS2(=O)=O)c1.Cl. The zero-order valence-electron chi connectivity index (χ0n) is 23.8. The van der Waals surface area contributed by atoms with Crippen LogP contribution in [0.2, 0.25) is 5.02 Å². The third-order valence-electron chi connectivity index (χ3n) is 7.11. The molecule has 0 saturated carbocycles. The summed E-state index contributed by atoms with van der Waals surface area (Å²) in [6, 6.07) is 21.9. The van der Waals surface area contributed by atoms with Gasteiger partial charge in [-0.25, -0.2) is 8.42 Å². The van der Waals surface area contributed by atoms with Gasteiger partial charge in [0.25, 0.3) is 5.91 Å². The minimum Gasteiger partial charge on any atom is -0.390 e. The summed E-state index contributed by atoms with van der Waals surface area (Å²) in [4.78, 5) is 13.6. The first-order valence-corrected chi connectivity index (χ1v) is 16.1. The van der Waals surface area contributed by atoms with Gasteiger partial charge < -0.3 is 21.1 Å². The van der Waals surface area contributed by atoms with E-state index in [0.717, 1.165) is 24.0 Å². The maximum Gasteiger partial charge on any atom is 0.251 e. The second-order valence-corrected chi connectivity index (χ2v) is 12.8. The van der Waals surface area contributed by atoms with Gasteiger partial charge in [-0.15, -0.1) is 12.4 Å². The number of amides is 1. The molecule has 3 aromatic rings. The third-order valence-corrected chi connectivity index (χ3v) is 9.22. The molecular formula is C31H40Cl2N4O4S. The average molecular weight is 636 g/mol. The Hall–Kier alpha value is -2.82. The van der Waals surface area contributed by atoms with Crippen molar-refractivity contribution >= 4 is 51.3 Å². The van der Waals surface area contributed by atoms with Gasteiger partial charge in [-0.3, -0.25) is 9.10 Å². The Balaban J connectivity index is 0.00000484. The van der Waals surface area contributed by atoms with E-state index >= 15 is 0 Å². The molecule has 4 rings (SSSR count). The summed E-state index contributed by atoms with van der Waals surface area (Å²) < 4.78 is 27.0. The van der Waals surface area contributed by atoms with Crippen molar-refractivity contribution in [2.24, 2.45) is 0 Å². The number of aliphatic hydroxyl groups is 1. The number of nitrogens with zero attached hydrogens (tertiary/aromatic N) is 1. The summed E-state index contributed by atoms with van der Waals surface area (Å²) in [6.07, 6.45) is 1.72. The van der Waals surface area contributed by atoms with Crippen molar-refractivity contribution in [3.05, 3.63) is 94.5 Å². The summed E-state index contributed by atoms with van der Waals surface area (Å²) in [5, 5.41) is 21.4. The molecule has 1 heterocycles. The second kappa shape index (κ2) is 16.1. The molecule has 1 aliphatic heterocycles. The van der Waals surface area contributed by atoms with E-state index in [1.54, 1.807) is 18.2 Å². The van der Waals surface area contributed by atoms with E-state index < -0.39 is 22.2 Å². The highest BCUT2D eigenvalue weighted by atomic mass is 35.5. The highest BCUT2D eigenvalue weighted by Crippen LogP contribution is 2.28. The maximum atomic E-state index is 13.6. The van der Waals surface area contributed by atoms with E-state index in [1.165, 1.54) is 4.31 Å².